The third-order valence-corrected chi connectivity index (χ3v) is 4.62. The zero-order valence-electron chi connectivity index (χ0n) is 11.2. The number of pyridine rings is 1. The van der Waals surface area contributed by atoms with Crippen LogP contribution in [0.25, 0.3) is 0 Å². The van der Waals surface area contributed by atoms with E-state index in [2.05, 4.69) is 11.9 Å². The molecule has 0 spiro atoms. The van der Waals surface area contributed by atoms with Gasteiger partial charge >= 0.3 is 0 Å². The molecule has 1 saturated carbocycles. The van der Waals surface area contributed by atoms with Gasteiger partial charge in [-0.2, -0.15) is 0 Å². The molecule has 1 unspecified atom stereocenters. The van der Waals surface area contributed by atoms with Gasteiger partial charge in [0, 0.05) is 29.7 Å². The van der Waals surface area contributed by atoms with E-state index in [9.17, 15) is 4.79 Å². The fraction of sp³-hybridized carbons (Fsp3) is 0.600. The molecule has 2 heterocycles. The number of fused-ring (bicyclic) bond motifs is 1. The van der Waals surface area contributed by atoms with Crippen molar-refractivity contribution in [3.63, 3.8) is 0 Å². The summed E-state index contributed by atoms with van der Waals surface area (Å²) in [6.45, 7) is 2.96. The van der Waals surface area contributed by atoms with Gasteiger partial charge in [0.15, 0.2) is 0 Å². The Hall–Kier alpha value is -1.09. The van der Waals surface area contributed by atoms with Gasteiger partial charge in [0.05, 0.1) is 0 Å². The SMILES string of the molecule is CC(CC(=O)N1CCCc2c(Cl)ccnc21)C1CC1. The maximum Gasteiger partial charge on any atom is 0.228 e. The first-order chi connectivity index (χ1) is 9.16. The number of aromatic nitrogens is 1. The molecule has 2 aliphatic rings. The molecule has 3 rings (SSSR count). The molecule has 102 valence electrons. The van der Waals surface area contributed by atoms with Gasteiger partial charge in [-0.3, -0.25) is 9.69 Å². The van der Waals surface area contributed by atoms with Crippen LogP contribution in [0.15, 0.2) is 12.3 Å². The van der Waals surface area contributed by atoms with Crippen molar-refractivity contribution in [1.82, 2.24) is 4.98 Å². The monoisotopic (exact) mass is 278 g/mol. The molecule has 0 aromatic carbocycles. The van der Waals surface area contributed by atoms with Crippen molar-refractivity contribution in [3.8, 4) is 0 Å². The smallest absolute Gasteiger partial charge is 0.228 e. The number of anilines is 1. The lowest BCUT2D eigenvalue weighted by Gasteiger charge is -2.29. The van der Waals surface area contributed by atoms with Gasteiger partial charge in [-0.05, 0) is 43.6 Å². The van der Waals surface area contributed by atoms with Crippen molar-refractivity contribution in [1.29, 1.82) is 0 Å². The number of nitrogens with zero attached hydrogens (tertiary/aromatic N) is 2. The number of hydrogen-bond acceptors (Lipinski definition) is 2. The maximum absolute atomic E-state index is 12.5. The molecular formula is C15H19ClN2O. The quantitative estimate of drug-likeness (QED) is 0.848. The Morgan fingerprint density at radius 2 is 2.37 bits per heavy atom. The summed E-state index contributed by atoms with van der Waals surface area (Å²) in [5, 5.41) is 0.734. The third-order valence-electron chi connectivity index (χ3n) is 4.26. The summed E-state index contributed by atoms with van der Waals surface area (Å²) in [5.74, 6) is 2.25. The number of rotatable bonds is 3. The number of hydrogen-bond donors (Lipinski definition) is 0. The summed E-state index contributed by atoms with van der Waals surface area (Å²) in [5.41, 5.74) is 1.03. The Labute approximate surface area is 119 Å². The normalized spacial score (nSPS) is 20.0. The highest BCUT2D eigenvalue weighted by atomic mass is 35.5. The Balaban J connectivity index is 1.78. The molecule has 4 heteroatoms. The molecule has 1 aromatic heterocycles. The molecule has 19 heavy (non-hydrogen) atoms. The highest BCUT2D eigenvalue weighted by Crippen LogP contribution is 2.39. The molecule has 0 saturated heterocycles. The van der Waals surface area contributed by atoms with Crippen molar-refractivity contribution in [2.24, 2.45) is 11.8 Å². The van der Waals surface area contributed by atoms with Gasteiger partial charge < -0.3 is 0 Å². The molecule has 0 N–H and O–H groups in total. The van der Waals surface area contributed by atoms with E-state index in [-0.39, 0.29) is 5.91 Å². The number of halogens is 1. The van der Waals surface area contributed by atoms with E-state index in [1.807, 2.05) is 4.90 Å². The van der Waals surface area contributed by atoms with Crippen LogP contribution in [0.5, 0.6) is 0 Å². The van der Waals surface area contributed by atoms with Crippen LogP contribution in [0.1, 0.15) is 38.2 Å². The van der Waals surface area contributed by atoms with E-state index in [0.717, 1.165) is 41.7 Å². The first kappa shape index (κ1) is 12.9. The lowest BCUT2D eigenvalue weighted by atomic mass is 10.00. The maximum atomic E-state index is 12.5. The summed E-state index contributed by atoms with van der Waals surface area (Å²) < 4.78 is 0. The van der Waals surface area contributed by atoms with Crippen LogP contribution in [-0.4, -0.2) is 17.4 Å². The molecule has 0 radical (unpaired) electrons. The average molecular weight is 279 g/mol. The molecular weight excluding hydrogens is 260 g/mol. The second-order valence-corrected chi connectivity index (χ2v) is 6.17. The van der Waals surface area contributed by atoms with Crippen LogP contribution >= 0.6 is 11.6 Å². The molecule has 1 aromatic rings. The standard InChI is InChI=1S/C15H19ClN2O/c1-10(11-4-5-11)9-14(19)18-8-2-3-12-13(16)6-7-17-15(12)18/h6-7,10-11H,2-5,8-9H2,1H3. The molecule has 0 bridgehead atoms. The Morgan fingerprint density at radius 1 is 1.58 bits per heavy atom. The van der Waals surface area contributed by atoms with Crippen LogP contribution < -0.4 is 4.90 Å². The predicted molar refractivity (Wildman–Crippen MR) is 76.4 cm³/mol. The van der Waals surface area contributed by atoms with E-state index in [1.54, 1.807) is 12.3 Å². The lowest BCUT2D eigenvalue weighted by molar-refractivity contribution is -0.119. The Kier molecular flexibility index (Phi) is 3.48. The fourth-order valence-corrected chi connectivity index (χ4v) is 3.14. The summed E-state index contributed by atoms with van der Waals surface area (Å²) in [4.78, 5) is 18.7. The lowest BCUT2D eigenvalue weighted by Crippen LogP contribution is -2.37. The molecule has 1 amide bonds. The number of carbonyl (C=O) groups is 1. The molecule has 1 fully saturated rings. The Bertz CT molecular complexity index is 499. The van der Waals surface area contributed by atoms with Crippen LogP contribution in [0, 0.1) is 11.8 Å². The minimum absolute atomic E-state index is 0.204. The predicted octanol–water partition coefficient (Wildman–Crippen LogP) is 3.45. The second-order valence-electron chi connectivity index (χ2n) is 5.76. The highest BCUT2D eigenvalue weighted by molar-refractivity contribution is 6.31. The van der Waals surface area contributed by atoms with Crippen LogP contribution in [-0.2, 0) is 11.2 Å². The average Bonchev–Trinajstić information content (AvgIpc) is 3.23. The van der Waals surface area contributed by atoms with Crippen LogP contribution in [0.3, 0.4) is 0 Å². The van der Waals surface area contributed by atoms with Crippen LogP contribution in [0.2, 0.25) is 5.02 Å². The minimum Gasteiger partial charge on any atom is -0.297 e. The summed E-state index contributed by atoms with van der Waals surface area (Å²) in [6, 6.07) is 1.81. The van der Waals surface area contributed by atoms with Crippen molar-refractivity contribution < 1.29 is 4.79 Å². The van der Waals surface area contributed by atoms with E-state index < -0.39 is 0 Å². The second kappa shape index (κ2) is 5.12. The third kappa shape index (κ3) is 2.62. The molecule has 1 atom stereocenters. The molecule has 3 nitrogen and oxygen atoms in total. The van der Waals surface area contributed by atoms with E-state index >= 15 is 0 Å². The molecule has 1 aliphatic heterocycles. The topological polar surface area (TPSA) is 33.2 Å². The minimum atomic E-state index is 0.204. The van der Waals surface area contributed by atoms with E-state index in [0.29, 0.717) is 12.3 Å². The van der Waals surface area contributed by atoms with Gasteiger partial charge in [0.1, 0.15) is 5.82 Å². The van der Waals surface area contributed by atoms with Gasteiger partial charge in [-0.25, -0.2) is 4.98 Å². The van der Waals surface area contributed by atoms with E-state index in [4.69, 9.17) is 11.6 Å². The van der Waals surface area contributed by atoms with Crippen molar-refractivity contribution in [3.05, 3.63) is 22.8 Å². The number of amides is 1. The first-order valence-electron chi connectivity index (χ1n) is 7.10. The number of carbonyl (C=O) groups excluding carboxylic acids is 1. The highest BCUT2D eigenvalue weighted by Gasteiger charge is 2.32. The molecule has 1 aliphatic carbocycles. The first-order valence-corrected chi connectivity index (χ1v) is 7.48. The van der Waals surface area contributed by atoms with Gasteiger partial charge in [-0.1, -0.05) is 18.5 Å². The zero-order chi connectivity index (χ0) is 13.4. The van der Waals surface area contributed by atoms with Gasteiger partial charge in [0.25, 0.3) is 0 Å². The summed E-state index contributed by atoms with van der Waals surface area (Å²) >= 11 is 6.20. The largest absolute Gasteiger partial charge is 0.297 e. The Morgan fingerprint density at radius 3 is 3.11 bits per heavy atom. The zero-order valence-corrected chi connectivity index (χ0v) is 12.0. The fourth-order valence-electron chi connectivity index (χ4n) is 2.90. The van der Waals surface area contributed by atoms with Crippen LogP contribution in [0.4, 0.5) is 5.82 Å². The van der Waals surface area contributed by atoms with Gasteiger partial charge in [0.2, 0.25) is 5.91 Å². The van der Waals surface area contributed by atoms with Crippen molar-refractivity contribution >= 4 is 23.3 Å². The van der Waals surface area contributed by atoms with E-state index in [1.165, 1.54) is 12.8 Å². The van der Waals surface area contributed by atoms with Gasteiger partial charge in [-0.15, -0.1) is 0 Å². The summed E-state index contributed by atoms with van der Waals surface area (Å²) in [7, 11) is 0. The summed E-state index contributed by atoms with van der Waals surface area (Å²) in [6.07, 6.45) is 6.80. The van der Waals surface area contributed by atoms with Crippen molar-refractivity contribution in [2.45, 2.75) is 39.0 Å². The van der Waals surface area contributed by atoms with Crippen molar-refractivity contribution in [2.75, 3.05) is 11.4 Å².